The fraction of sp³-hybridized carbons (Fsp3) is 0.211. The van der Waals surface area contributed by atoms with Crippen LogP contribution in [0.15, 0.2) is 61.2 Å². The quantitative estimate of drug-likeness (QED) is 0.759. The molecule has 0 spiro atoms. The molecule has 4 rings (SSSR count). The molecule has 1 amide bonds. The van der Waals surface area contributed by atoms with Gasteiger partial charge in [-0.25, -0.2) is 15.0 Å². The van der Waals surface area contributed by atoms with Crippen molar-refractivity contribution >= 4 is 23.4 Å². The van der Waals surface area contributed by atoms with Crippen LogP contribution in [-0.4, -0.2) is 52.0 Å². The van der Waals surface area contributed by atoms with Crippen molar-refractivity contribution in [2.75, 3.05) is 41.3 Å². The summed E-state index contributed by atoms with van der Waals surface area (Å²) in [6.07, 6.45) is 6.63. The first-order valence-electron chi connectivity index (χ1n) is 8.75. The molecule has 0 atom stereocenters. The summed E-state index contributed by atoms with van der Waals surface area (Å²) in [7, 11) is 0. The fourth-order valence-electron chi connectivity index (χ4n) is 2.92. The molecule has 0 aromatic carbocycles. The Morgan fingerprint density at radius 2 is 1.48 bits per heavy atom. The standard InChI is InChI=1S/C19H19N7O/c27-18(16-5-1-3-7-20-16)24-15-13-22-19(23-14-15)26-11-9-25(10-12-26)17-6-2-4-8-21-17/h1-8,13-14H,9-12H2,(H,24,27). The predicted octanol–water partition coefficient (Wildman–Crippen LogP) is 1.85. The lowest BCUT2D eigenvalue weighted by Crippen LogP contribution is -2.47. The molecule has 0 saturated carbocycles. The molecule has 0 bridgehead atoms. The van der Waals surface area contributed by atoms with E-state index in [9.17, 15) is 4.79 Å². The van der Waals surface area contributed by atoms with Gasteiger partial charge in [-0.2, -0.15) is 0 Å². The Morgan fingerprint density at radius 1 is 0.815 bits per heavy atom. The number of hydrogen-bond acceptors (Lipinski definition) is 7. The van der Waals surface area contributed by atoms with Crippen molar-refractivity contribution in [3.05, 3.63) is 66.9 Å². The van der Waals surface area contributed by atoms with Crippen LogP contribution < -0.4 is 15.1 Å². The number of anilines is 3. The van der Waals surface area contributed by atoms with Crippen molar-refractivity contribution in [1.82, 2.24) is 19.9 Å². The van der Waals surface area contributed by atoms with Crippen LogP contribution in [0.4, 0.5) is 17.5 Å². The number of nitrogens with zero attached hydrogens (tertiary/aromatic N) is 6. The summed E-state index contributed by atoms with van der Waals surface area (Å²) in [6.45, 7) is 3.35. The third kappa shape index (κ3) is 4.00. The van der Waals surface area contributed by atoms with E-state index in [4.69, 9.17) is 0 Å². The van der Waals surface area contributed by atoms with E-state index in [1.54, 1.807) is 36.8 Å². The number of hydrogen-bond donors (Lipinski definition) is 1. The van der Waals surface area contributed by atoms with Crippen LogP contribution in [0.5, 0.6) is 0 Å². The molecule has 4 heterocycles. The van der Waals surface area contributed by atoms with E-state index in [2.05, 4.69) is 35.1 Å². The number of aromatic nitrogens is 4. The molecule has 27 heavy (non-hydrogen) atoms. The fourth-order valence-corrected chi connectivity index (χ4v) is 2.92. The molecule has 8 heteroatoms. The van der Waals surface area contributed by atoms with Crippen molar-refractivity contribution in [3.63, 3.8) is 0 Å². The number of nitrogens with one attached hydrogen (secondary N) is 1. The Morgan fingerprint density at radius 3 is 2.11 bits per heavy atom. The molecule has 0 unspecified atom stereocenters. The van der Waals surface area contributed by atoms with E-state index >= 15 is 0 Å². The first-order chi connectivity index (χ1) is 13.3. The first-order valence-corrected chi connectivity index (χ1v) is 8.75. The molecule has 1 aliphatic rings. The second kappa shape index (κ2) is 7.77. The van der Waals surface area contributed by atoms with Crippen molar-refractivity contribution in [2.24, 2.45) is 0 Å². The van der Waals surface area contributed by atoms with Gasteiger partial charge in [-0.15, -0.1) is 0 Å². The van der Waals surface area contributed by atoms with Crippen LogP contribution in [0.3, 0.4) is 0 Å². The number of piperazine rings is 1. The van der Waals surface area contributed by atoms with Gasteiger partial charge in [0.2, 0.25) is 5.95 Å². The van der Waals surface area contributed by atoms with Crippen LogP contribution in [0.2, 0.25) is 0 Å². The van der Waals surface area contributed by atoms with Crippen LogP contribution in [0, 0.1) is 0 Å². The third-order valence-corrected chi connectivity index (χ3v) is 4.33. The molecule has 1 aliphatic heterocycles. The van der Waals surface area contributed by atoms with E-state index in [1.165, 1.54) is 0 Å². The molecule has 0 aliphatic carbocycles. The van der Waals surface area contributed by atoms with Gasteiger partial charge in [0.05, 0.1) is 18.1 Å². The molecule has 1 saturated heterocycles. The van der Waals surface area contributed by atoms with Crippen molar-refractivity contribution < 1.29 is 4.79 Å². The highest BCUT2D eigenvalue weighted by Gasteiger charge is 2.19. The normalized spacial score (nSPS) is 14.1. The Balaban J connectivity index is 1.35. The number of carbonyl (C=O) groups excluding carboxylic acids is 1. The number of carbonyl (C=O) groups is 1. The molecule has 1 fully saturated rings. The number of rotatable bonds is 4. The van der Waals surface area contributed by atoms with E-state index in [0.29, 0.717) is 17.3 Å². The summed E-state index contributed by atoms with van der Waals surface area (Å²) < 4.78 is 0. The van der Waals surface area contributed by atoms with Gasteiger partial charge < -0.3 is 15.1 Å². The van der Waals surface area contributed by atoms with Gasteiger partial charge in [-0.3, -0.25) is 9.78 Å². The van der Waals surface area contributed by atoms with Crippen molar-refractivity contribution in [2.45, 2.75) is 0 Å². The summed E-state index contributed by atoms with van der Waals surface area (Å²) in [5.74, 6) is 1.37. The van der Waals surface area contributed by atoms with Gasteiger partial charge in [-0.05, 0) is 24.3 Å². The minimum Gasteiger partial charge on any atom is -0.353 e. The summed E-state index contributed by atoms with van der Waals surface area (Å²) in [6, 6.07) is 11.1. The SMILES string of the molecule is O=C(Nc1cnc(N2CCN(c3ccccn3)CC2)nc1)c1ccccn1. The zero-order valence-corrected chi connectivity index (χ0v) is 14.7. The van der Waals surface area contributed by atoms with Crippen LogP contribution >= 0.6 is 0 Å². The lowest BCUT2D eigenvalue weighted by Gasteiger charge is -2.35. The smallest absolute Gasteiger partial charge is 0.274 e. The first kappa shape index (κ1) is 16.9. The van der Waals surface area contributed by atoms with Crippen LogP contribution in [0.1, 0.15) is 10.5 Å². The molecule has 8 nitrogen and oxygen atoms in total. The average molecular weight is 361 g/mol. The Hall–Kier alpha value is -3.55. The Bertz CT molecular complexity index is 879. The van der Waals surface area contributed by atoms with Gasteiger partial charge in [0, 0.05) is 38.6 Å². The summed E-state index contributed by atoms with van der Waals surface area (Å²) in [4.78, 5) is 33.7. The van der Waals surface area contributed by atoms with Gasteiger partial charge in [0.25, 0.3) is 5.91 Å². The highest BCUT2D eigenvalue weighted by molar-refractivity contribution is 6.02. The number of pyridine rings is 2. The third-order valence-electron chi connectivity index (χ3n) is 4.33. The Kier molecular flexibility index (Phi) is 4.86. The maximum atomic E-state index is 12.1. The topological polar surface area (TPSA) is 87.1 Å². The largest absolute Gasteiger partial charge is 0.353 e. The van der Waals surface area contributed by atoms with E-state index in [-0.39, 0.29) is 5.91 Å². The van der Waals surface area contributed by atoms with E-state index < -0.39 is 0 Å². The molecule has 1 N–H and O–H groups in total. The van der Waals surface area contributed by atoms with Crippen molar-refractivity contribution in [1.29, 1.82) is 0 Å². The van der Waals surface area contributed by atoms with Gasteiger partial charge >= 0.3 is 0 Å². The molecular formula is C19H19N7O. The van der Waals surface area contributed by atoms with Crippen LogP contribution in [0.25, 0.3) is 0 Å². The number of amides is 1. The lowest BCUT2D eigenvalue weighted by atomic mass is 10.3. The molecule has 3 aromatic rings. The zero-order chi connectivity index (χ0) is 18.5. The van der Waals surface area contributed by atoms with Crippen LogP contribution in [-0.2, 0) is 0 Å². The van der Waals surface area contributed by atoms with E-state index in [1.807, 2.05) is 24.4 Å². The lowest BCUT2D eigenvalue weighted by molar-refractivity contribution is 0.102. The summed E-state index contributed by atoms with van der Waals surface area (Å²) in [5.41, 5.74) is 0.897. The highest BCUT2D eigenvalue weighted by Crippen LogP contribution is 2.16. The second-order valence-electron chi connectivity index (χ2n) is 6.10. The molecule has 0 radical (unpaired) electrons. The van der Waals surface area contributed by atoms with E-state index in [0.717, 1.165) is 32.0 Å². The average Bonchev–Trinajstić information content (AvgIpc) is 2.76. The second-order valence-corrected chi connectivity index (χ2v) is 6.10. The predicted molar refractivity (Wildman–Crippen MR) is 103 cm³/mol. The van der Waals surface area contributed by atoms with Gasteiger partial charge in [0.1, 0.15) is 11.5 Å². The van der Waals surface area contributed by atoms with Crippen molar-refractivity contribution in [3.8, 4) is 0 Å². The molecular weight excluding hydrogens is 342 g/mol. The monoisotopic (exact) mass is 361 g/mol. The minimum absolute atomic E-state index is 0.282. The highest BCUT2D eigenvalue weighted by atomic mass is 16.1. The molecule has 136 valence electrons. The maximum absolute atomic E-state index is 12.1. The maximum Gasteiger partial charge on any atom is 0.274 e. The van der Waals surface area contributed by atoms with Gasteiger partial charge in [0.15, 0.2) is 0 Å². The Labute approximate surface area is 156 Å². The summed E-state index contributed by atoms with van der Waals surface area (Å²) >= 11 is 0. The molecule has 3 aromatic heterocycles. The zero-order valence-electron chi connectivity index (χ0n) is 14.7. The minimum atomic E-state index is -0.282. The summed E-state index contributed by atoms with van der Waals surface area (Å²) in [5, 5.41) is 2.76. The van der Waals surface area contributed by atoms with Gasteiger partial charge in [-0.1, -0.05) is 12.1 Å².